The number of rotatable bonds is 2. The average Bonchev–Trinajstić information content (AvgIpc) is 2.30. The number of hydrogen-bond donors (Lipinski definition) is 0. The van der Waals surface area contributed by atoms with E-state index < -0.39 is 7.12 Å². The summed E-state index contributed by atoms with van der Waals surface area (Å²) in [5.74, 6) is 0.845. The van der Waals surface area contributed by atoms with E-state index in [9.17, 15) is 10.0 Å². The van der Waals surface area contributed by atoms with Crippen LogP contribution in [0.3, 0.4) is 0 Å². The molecule has 0 radical (unpaired) electrons. The van der Waals surface area contributed by atoms with Gasteiger partial charge in [0.15, 0.2) is 0 Å². The standard InChI is InChI=1S/C10H14BN3O2.2Na/c1-13-4-6-14(7-5-13)10-3-2-9(8-12-10)11(15)16;;/h2-3,8H,4-7H2,1H3;;/q-2;2*+1. The summed E-state index contributed by atoms with van der Waals surface area (Å²) in [5, 5.41) is 21.3. The van der Waals surface area contributed by atoms with Gasteiger partial charge in [0.1, 0.15) is 5.82 Å². The molecule has 1 aliphatic rings. The van der Waals surface area contributed by atoms with Gasteiger partial charge in [-0.15, -0.1) is 5.46 Å². The van der Waals surface area contributed by atoms with Gasteiger partial charge in [0, 0.05) is 32.4 Å². The molecule has 0 N–H and O–H groups in total. The molecule has 1 aromatic heterocycles. The number of likely N-dealkylation sites (N-methyl/N-ethyl adjacent to an activating group) is 1. The predicted molar refractivity (Wildman–Crippen MR) is 59.3 cm³/mol. The molecule has 0 amide bonds. The number of anilines is 1. The van der Waals surface area contributed by atoms with Gasteiger partial charge in [0.05, 0.1) is 0 Å². The quantitative estimate of drug-likeness (QED) is 0.497. The minimum atomic E-state index is -1.94. The van der Waals surface area contributed by atoms with Crippen LogP contribution < -0.4 is 79.5 Å². The Kier molecular flexibility index (Phi) is 9.39. The van der Waals surface area contributed by atoms with E-state index in [1.165, 1.54) is 6.20 Å². The van der Waals surface area contributed by atoms with Crippen molar-refractivity contribution in [2.24, 2.45) is 0 Å². The first-order valence-corrected chi connectivity index (χ1v) is 5.38. The van der Waals surface area contributed by atoms with E-state index in [0.717, 1.165) is 32.0 Å². The van der Waals surface area contributed by atoms with Gasteiger partial charge in [-0.05, 0) is 13.1 Å². The summed E-state index contributed by atoms with van der Waals surface area (Å²) in [6.45, 7) is 3.88. The largest absolute Gasteiger partial charge is 1.00 e. The monoisotopic (exact) mass is 265 g/mol. The summed E-state index contributed by atoms with van der Waals surface area (Å²) in [6, 6.07) is 3.33. The molecule has 1 aliphatic heterocycles. The molecular formula is C10H14BN3Na2O2. The molecule has 0 bridgehead atoms. The zero-order valence-corrected chi connectivity index (χ0v) is 15.3. The van der Waals surface area contributed by atoms with Crippen molar-refractivity contribution in [2.45, 2.75) is 0 Å². The molecule has 0 saturated carbocycles. The second-order valence-corrected chi connectivity index (χ2v) is 4.07. The van der Waals surface area contributed by atoms with Gasteiger partial charge >= 0.3 is 59.1 Å². The fraction of sp³-hybridized carbons (Fsp3) is 0.500. The Morgan fingerprint density at radius 2 is 1.72 bits per heavy atom. The smallest absolute Gasteiger partial charge is 0.889 e. The van der Waals surface area contributed by atoms with Gasteiger partial charge in [0.2, 0.25) is 0 Å². The number of nitrogens with zero attached hydrogens (tertiary/aromatic N) is 3. The molecule has 86 valence electrons. The van der Waals surface area contributed by atoms with Gasteiger partial charge in [-0.3, -0.25) is 0 Å². The van der Waals surface area contributed by atoms with Crippen LogP contribution in [0.5, 0.6) is 0 Å². The average molecular weight is 265 g/mol. The van der Waals surface area contributed by atoms with Gasteiger partial charge < -0.3 is 19.8 Å². The topological polar surface area (TPSA) is 65.5 Å². The van der Waals surface area contributed by atoms with Crippen LogP contribution in [0.2, 0.25) is 0 Å². The molecule has 1 saturated heterocycles. The Morgan fingerprint density at radius 1 is 1.11 bits per heavy atom. The summed E-state index contributed by atoms with van der Waals surface area (Å²) in [7, 11) is 0.155. The first kappa shape index (κ1) is 18.9. The molecule has 1 aromatic rings. The third-order valence-electron chi connectivity index (χ3n) is 2.87. The van der Waals surface area contributed by atoms with Crippen LogP contribution >= 0.6 is 0 Å². The molecule has 2 rings (SSSR count). The Hall–Kier alpha value is 0.895. The third kappa shape index (κ3) is 5.11. The fourth-order valence-corrected chi connectivity index (χ4v) is 1.76. The zero-order chi connectivity index (χ0) is 11.5. The molecule has 8 heteroatoms. The van der Waals surface area contributed by atoms with Gasteiger partial charge in [-0.1, -0.05) is 13.2 Å². The van der Waals surface area contributed by atoms with Gasteiger partial charge in [-0.2, -0.15) is 0 Å². The minimum Gasteiger partial charge on any atom is -0.889 e. The van der Waals surface area contributed by atoms with Crippen LogP contribution in [0, 0.1) is 0 Å². The second kappa shape index (κ2) is 8.95. The van der Waals surface area contributed by atoms with Crippen molar-refractivity contribution in [1.29, 1.82) is 0 Å². The summed E-state index contributed by atoms with van der Waals surface area (Å²) < 4.78 is 0. The zero-order valence-electron chi connectivity index (χ0n) is 11.3. The molecule has 5 nitrogen and oxygen atoms in total. The molecule has 0 aliphatic carbocycles. The third-order valence-corrected chi connectivity index (χ3v) is 2.87. The Labute approximate surface area is 152 Å². The van der Waals surface area contributed by atoms with E-state index in [0.29, 0.717) is 0 Å². The van der Waals surface area contributed by atoms with E-state index in [-0.39, 0.29) is 64.6 Å². The van der Waals surface area contributed by atoms with Crippen molar-refractivity contribution in [3.05, 3.63) is 18.3 Å². The van der Waals surface area contributed by atoms with Crippen molar-refractivity contribution >= 4 is 18.4 Å². The van der Waals surface area contributed by atoms with Crippen molar-refractivity contribution in [3.8, 4) is 0 Å². The van der Waals surface area contributed by atoms with Crippen LogP contribution in [0.4, 0.5) is 5.82 Å². The second-order valence-electron chi connectivity index (χ2n) is 4.07. The molecule has 2 heterocycles. The molecule has 1 fully saturated rings. The molecule has 0 atom stereocenters. The Balaban J connectivity index is 0.00000144. The van der Waals surface area contributed by atoms with Crippen LogP contribution in [-0.2, 0) is 0 Å². The van der Waals surface area contributed by atoms with Crippen molar-refractivity contribution in [3.63, 3.8) is 0 Å². The summed E-state index contributed by atoms with van der Waals surface area (Å²) in [4.78, 5) is 8.58. The number of piperazine rings is 1. The maximum Gasteiger partial charge on any atom is 1.00 e. The van der Waals surface area contributed by atoms with E-state index >= 15 is 0 Å². The molecule has 0 aromatic carbocycles. The SMILES string of the molecule is CN1CCN(c2ccc(B([O-])[O-])cn2)CC1.[Na+].[Na+]. The van der Waals surface area contributed by atoms with Crippen LogP contribution in [-0.4, -0.2) is 50.2 Å². The van der Waals surface area contributed by atoms with Crippen LogP contribution in [0.1, 0.15) is 0 Å². The number of hydrogen-bond acceptors (Lipinski definition) is 5. The normalized spacial score (nSPS) is 15.6. The number of pyridine rings is 1. The Bertz CT molecular complexity index is 345. The van der Waals surface area contributed by atoms with Gasteiger partial charge in [0.25, 0.3) is 0 Å². The van der Waals surface area contributed by atoms with Gasteiger partial charge in [-0.25, -0.2) is 4.98 Å². The van der Waals surface area contributed by atoms with Crippen LogP contribution in [0.25, 0.3) is 0 Å². The van der Waals surface area contributed by atoms with Crippen molar-refractivity contribution in [2.75, 3.05) is 38.1 Å². The minimum absolute atomic E-state index is 0. The van der Waals surface area contributed by atoms with Crippen molar-refractivity contribution in [1.82, 2.24) is 9.88 Å². The molecule has 0 unspecified atom stereocenters. The van der Waals surface area contributed by atoms with Crippen LogP contribution in [0.15, 0.2) is 18.3 Å². The Morgan fingerprint density at radius 3 is 2.17 bits per heavy atom. The summed E-state index contributed by atoms with van der Waals surface area (Å²) in [6.07, 6.45) is 1.39. The number of aromatic nitrogens is 1. The summed E-state index contributed by atoms with van der Waals surface area (Å²) in [5.41, 5.74) is 0.206. The first-order valence-electron chi connectivity index (χ1n) is 5.38. The summed E-state index contributed by atoms with van der Waals surface area (Å²) >= 11 is 0. The van der Waals surface area contributed by atoms with Crippen molar-refractivity contribution < 1.29 is 69.2 Å². The van der Waals surface area contributed by atoms with E-state index in [1.54, 1.807) is 12.1 Å². The first-order chi connectivity index (χ1) is 7.66. The molecule has 18 heavy (non-hydrogen) atoms. The molecular weight excluding hydrogens is 251 g/mol. The fourth-order valence-electron chi connectivity index (χ4n) is 1.76. The molecule has 0 spiro atoms. The maximum absolute atomic E-state index is 10.6. The van der Waals surface area contributed by atoms with E-state index in [2.05, 4.69) is 21.8 Å². The predicted octanol–water partition coefficient (Wildman–Crippen LogP) is -8.74. The van der Waals surface area contributed by atoms with E-state index in [4.69, 9.17) is 0 Å². The maximum atomic E-state index is 10.6. The van der Waals surface area contributed by atoms with E-state index in [1.807, 2.05) is 0 Å².